The minimum absolute atomic E-state index is 0.0310. The van der Waals surface area contributed by atoms with E-state index >= 15 is 0 Å². The minimum atomic E-state index is -0.969. The first-order chi connectivity index (χ1) is 18.2. The third kappa shape index (κ3) is 17.4. The van der Waals surface area contributed by atoms with Crippen LogP contribution in [0.1, 0.15) is 62.3 Å². The highest BCUT2D eigenvalue weighted by Crippen LogP contribution is 2.11. The summed E-state index contributed by atoms with van der Waals surface area (Å²) in [6.45, 7) is 19.2. The Morgan fingerprint density at radius 3 is 1.25 bits per heavy atom. The molecular weight excluding hydrogens is 520 g/mol. The molecule has 0 spiro atoms. The first-order valence-electron chi connectivity index (χ1n) is 14.0. The average molecular weight is 573 g/mol. The number of aliphatic carboxylic acids is 1. The normalized spacial score (nSPS) is 18.0. The molecule has 0 bridgehead atoms. The van der Waals surface area contributed by atoms with Gasteiger partial charge in [-0.3, -0.25) is 33.9 Å². The lowest BCUT2D eigenvalue weighted by molar-refractivity contribution is -0.158. The van der Waals surface area contributed by atoms with Crippen molar-refractivity contribution in [2.24, 2.45) is 0 Å². The van der Waals surface area contributed by atoms with Gasteiger partial charge in [-0.1, -0.05) is 0 Å². The molecule has 1 rings (SSSR count). The lowest BCUT2D eigenvalue weighted by Gasteiger charge is -2.34. The highest BCUT2D eigenvalue weighted by Gasteiger charge is 2.26. The molecule has 0 unspecified atom stereocenters. The van der Waals surface area contributed by atoms with Crippen LogP contribution in [0.25, 0.3) is 0 Å². The summed E-state index contributed by atoms with van der Waals surface area (Å²) < 4.78 is 16.7. The number of hydrogen-bond acceptors (Lipinski definition) is 10. The zero-order chi connectivity index (χ0) is 30.7. The number of carboxylic acid groups (broad SMARTS) is 1. The third-order valence-electron chi connectivity index (χ3n) is 5.72. The van der Waals surface area contributed by atoms with Crippen molar-refractivity contribution >= 4 is 23.8 Å². The van der Waals surface area contributed by atoms with Gasteiger partial charge in [0.1, 0.15) is 17.8 Å². The number of carbonyl (C=O) groups is 4. The number of esters is 2. The molecule has 0 saturated carbocycles. The van der Waals surface area contributed by atoms with E-state index in [9.17, 15) is 24.3 Å². The Labute approximate surface area is 239 Å². The van der Waals surface area contributed by atoms with Gasteiger partial charge in [-0.05, 0) is 62.3 Å². The van der Waals surface area contributed by atoms with Crippen molar-refractivity contribution in [1.29, 1.82) is 0 Å². The third-order valence-corrected chi connectivity index (χ3v) is 5.72. The molecular formula is C28H52N4O8. The summed E-state index contributed by atoms with van der Waals surface area (Å²) in [7, 11) is 0. The first kappa shape index (κ1) is 35.7. The van der Waals surface area contributed by atoms with Gasteiger partial charge >= 0.3 is 17.9 Å². The molecule has 1 N–H and O–H groups in total. The fraction of sp³-hybridized carbons (Fsp3) is 0.857. The van der Waals surface area contributed by atoms with Gasteiger partial charge in [0.15, 0.2) is 0 Å². The Morgan fingerprint density at radius 1 is 0.575 bits per heavy atom. The summed E-state index contributed by atoms with van der Waals surface area (Å²) in [5, 5.41) is 9.46. The summed E-state index contributed by atoms with van der Waals surface area (Å²) in [5.41, 5.74) is -1.75. The molecule has 232 valence electrons. The highest BCUT2D eigenvalue weighted by atomic mass is 16.6. The molecule has 0 radical (unpaired) electrons. The minimum Gasteiger partial charge on any atom is -0.480 e. The number of carboxylic acids is 1. The highest BCUT2D eigenvalue weighted by molar-refractivity contribution is 5.77. The van der Waals surface area contributed by atoms with Gasteiger partial charge in [0, 0.05) is 52.4 Å². The summed E-state index contributed by atoms with van der Waals surface area (Å²) in [5.74, 6) is -1.92. The number of rotatable bonds is 8. The Kier molecular flexibility index (Phi) is 14.0. The summed E-state index contributed by atoms with van der Waals surface area (Å²) in [6.07, 6.45) is 0. The van der Waals surface area contributed by atoms with Crippen molar-refractivity contribution in [2.45, 2.75) is 79.1 Å². The Morgan fingerprint density at radius 2 is 0.925 bits per heavy atom. The van der Waals surface area contributed by atoms with Gasteiger partial charge in [-0.15, -0.1) is 0 Å². The Hall–Kier alpha value is -2.28. The fourth-order valence-electron chi connectivity index (χ4n) is 3.93. The predicted octanol–water partition coefficient (Wildman–Crippen LogP) is 1.32. The summed E-state index contributed by atoms with van der Waals surface area (Å²) >= 11 is 0. The van der Waals surface area contributed by atoms with E-state index in [0.717, 1.165) is 0 Å². The topological polar surface area (TPSA) is 129 Å². The maximum Gasteiger partial charge on any atom is 0.320 e. The maximum atomic E-state index is 13.1. The van der Waals surface area contributed by atoms with Crippen LogP contribution in [0.3, 0.4) is 0 Å². The molecule has 1 fully saturated rings. The standard InChI is InChI=1S/C28H52N4O8/c1-26(2,3)38-21-22(33)32-16-14-29(18-23(34)35)10-11-30(19-24(36)39-27(4,5)6)12-13-31(15-17-32)20-25(37)40-28(7,8)9/h10-21H2,1-9H3,(H,34,35). The van der Waals surface area contributed by atoms with Crippen LogP contribution in [-0.2, 0) is 33.4 Å². The molecule has 0 aromatic rings. The lowest BCUT2D eigenvalue weighted by atomic mass is 10.2. The van der Waals surface area contributed by atoms with Crippen LogP contribution in [0.4, 0.5) is 0 Å². The monoisotopic (exact) mass is 572 g/mol. The fourth-order valence-corrected chi connectivity index (χ4v) is 3.93. The zero-order valence-corrected chi connectivity index (χ0v) is 26.1. The number of hydrogen-bond donors (Lipinski definition) is 1. The van der Waals surface area contributed by atoms with Crippen LogP contribution in [0, 0.1) is 0 Å². The van der Waals surface area contributed by atoms with Gasteiger partial charge < -0.3 is 24.2 Å². The molecule has 1 aliphatic heterocycles. The van der Waals surface area contributed by atoms with Crippen molar-refractivity contribution in [1.82, 2.24) is 19.6 Å². The quantitative estimate of drug-likeness (QED) is 0.423. The summed E-state index contributed by atoms with van der Waals surface area (Å²) in [4.78, 5) is 57.2. The second-order valence-electron chi connectivity index (χ2n) is 13.2. The molecule has 12 heteroatoms. The number of nitrogens with zero attached hydrogens (tertiary/aromatic N) is 4. The van der Waals surface area contributed by atoms with Crippen LogP contribution in [-0.4, -0.2) is 144 Å². The molecule has 1 saturated heterocycles. The molecule has 0 aromatic carbocycles. The van der Waals surface area contributed by atoms with E-state index in [0.29, 0.717) is 52.4 Å². The van der Waals surface area contributed by atoms with Crippen molar-refractivity contribution in [2.75, 3.05) is 78.6 Å². The molecule has 0 atom stereocenters. The van der Waals surface area contributed by atoms with Crippen LogP contribution < -0.4 is 0 Å². The molecule has 0 aromatic heterocycles. The van der Waals surface area contributed by atoms with Crippen LogP contribution in [0.15, 0.2) is 0 Å². The summed E-state index contributed by atoms with van der Waals surface area (Å²) in [6, 6.07) is 0. The number of ether oxygens (including phenoxy) is 3. The average Bonchev–Trinajstić information content (AvgIpc) is 2.74. The van der Waals surface area contributed by atoms with Crippen molar-refractivity contribution < 1.29 is 38.5 Å². The van der Waals surface area contributed by atoms with Crippen LogP contribution >= 0.6 is 0 Å². The van der Waals surface area contributed by atoms with Gasteiger partial charge in [-0.25, -0.2) is 0 Å². The van der Waals surface area contributed by atoms with Crippen molar-refractivity contribution in [3.63, 3.8) is 0 Å². The van der Waals surface area contributed by atoms with E-state index in [2.05, 4.69) is 0 Å². The van der Waals surface area contributed by atoms with Crippen molar-refractivity contribution in [3.05, 3.63) is 0 Å². The number of carbonyl (C=O) groups excluding carboxylic acids is 3. The first-order valence-corrected chi connectivity index (χ1v) is 14.0. The molecule has 0 aliphatic carbocycles. The van der Waals surface area contributed by atoms with E-state index in [-0.39, 0.29) is 44.1 Å². The van der Waals surface area contributed by atoms with Gasteiger partial charge in [0.2, 0.25) is 5.91 Å². The second-order valence-corrected chi connectivity index (χ2v) is 13.2. The van der Waals surface area contributed by atoms with Crippen molar-refractivity contribution in [3.8, 4) is 0 Å². The van der Waals surface area contributed by atoms with Gasteiger partial charge in [0.05, 0.1) is 25.2 Å². The zero-order valence-electron chi connectivity index (χ0n) is 26.1. The largest absolute Gasteiger partial charge is 0.480 e. The maximum absolute atomic E-state index is 13.1. The lowest BCUT2D eigenvalue weighted by Crippen LogP contribution is -2.50. The van der Waals surface area contributed by atoms with Gasteiger partial charge in [-0.2, -0.15) is 0 Å². The smallest absolute Gasteiger partial charge is 0.320 e. The van der Waals surface area contributed by atoms with E-state index in [4.69, 9.17) is 14.2 Å². The van der Waals surface area contributed by atoms with Crippen LogP contribution in [0.5, 0.6) is 0 Å². The Bertz CT molecular complexity index is 845. The van der Waals surface area contributed by atoms with E-state index in [1.807, 2.05) is 51.3 Å². The molecule has 1 amide bonds. The van der Waals surface area contributed by atoms with Crippen LogP contribution in [0.2, 0.25) is 0 Å². The van der Waals surface area contributed by atoms with Gasteiger partial charge in [0.25, 0.3) is 0 Å². The van der Waals surface area contributed by atoms with E-state index in [1.54, 1.807) is 30.6 Å². The predicted molar refractivity (Wildman–Crippen MR) is 151 cm³/mol. The number of amides is 1. The molecule has 1 aliphatic rings. The Balaban J connectivity index is 3.15. The molecule has 40 heavy (non-hydrogen) atoms. The van der Waals surface area contributed by atoms with E-state index in [1.165, 1.54) is 0 Å². The molecule has 12 nitrogen and oxygen atoms in total. The molecule has 1 heterocycles. The van der Waals surface area contributed by atoms with E-state index < -0.39 is 22.8 Å². The SMILES string of the molecule is CC(C)(C)OCC(=O)N1CCN(CC(=O)O)CCN(CC(=O)OC(C)(C)C)CCN(CC(=O)OC(C)(C)C)CC1. The second kappa shape index (κ2) is 15.6.